The van der Waals surface area contributed by atoms with E-state index in [1.807, 2.05) is 78.9 Å². The van der Waals surface area contributed by atoms with E-state index in [-0.39, 0.29) is 11.9 Å². The number of para-hydroxylation sites is 1. The zero-order valence-corrected chi connectivity index (χ0v) is 17.0. The minimum absolute atomic E-state index is 0.0378. The van der Waals surface area contributed by atoms with Gasteiger partial charge in [-0.2, -0.15) is 0 Å². The Morgan fingerprint density at radius 2 is 1.65 bits per heavy atom. The van der Waals surface area contributed by atoms with Crippen LogP contribution >= 0.6 is 0 Å². The molecule has 3 aromatic carbocycles. The molecule has 0 fully saturated rings. The van der Waals surface area contributed by atoms with Crippen molar-refractivity contribution in [2.75, 3.05) is 13.2 Å². The fourth-order valence-electron chi connectivity index (χ4n) is 3.84. The third kappa shape index (κ3) is 4.26. The van der Waals surface area contributed by atoms with Crippen LogP contribution < -0.4 is 14.8 Å². The molecule has 1 aliphatic heterocycles. The number of ether oxygens (including phenoxy) is 2. The first-order valence-electron chi connectivity index (χ1n) is 10.5. The Hall–Kier alpha value is -3.73. The summed E-state index contributed by atoms with van der Waals surface area (Å²) in [5.74, 6) is 2.19. The number of carbonyl (C=O) groups excluding carboxylic acids is 1. The van der Waals surface area contributed by atoms with Crippen LogP contribution in [0.4, 0.5) is 0 Å². The highest BCUT2D eigenvalue weighted by atomic mass is 16.6. The second-order valence-corrected chi connectivity index (χ2v) is 7.58. The molecule has 1 unspecified atom stereocenters. The lowest BCUT2D eigenvalue weighted by atomic mass is 10.0. The fraction of sp³-hybridized carbons (Fsp3) is 0.192. The number of furan rings is 1. The molecule has 0 bridgehead atoms. The average Bonchev–Trinajstić information content (AvgIpc) is 3.25. The second-order valence-electron chi connectivity index (χ2n) is 7.58. The lowest BCUT2D eigenvalue weighted by Gasteiger charge is -2.19. The minimum Gasteiger partial charge on any atom is -0.486 e. The molecule has 1 aromatic heterocycles. The van der Waals surface area contributed by atoms with Gasteiger partial charge >= 0.3 is 0 Å². The smallest absolute Gasteiger partial charge is 0.221 e. The van der Waals surface area contributed by atoms with Gasteiger partial charge in [-0.3, -0.25) is 4.79 Å². The van der Waals surface area contributed by atoms with Gasteiger partial charge in [-0.15, -0.1) is 0 Å². The number of rotatable bonds is 6. The number of fused-ring (bicyclic) bond motifs is 2. The topological polar surface area (TPSA) is 60.7 Å². The summed E-state index contributed by atoms with van der Waals surface area (Å²) >= 11 is 0. The van der Waals surface area contributed by atoms with E-state index in [2.05, 4.69) is 5.32 Å². The number of carbonyl (C=O) groups is 1. The average molecular weight is 413 g/mol. The lowest BCUT2D eigenvalue weighted by Crippen LogP contribution is -2.29. The Labute approximate surface area is 180 Å². The number of aryl methyl sites for hydroxylation is 1. The summed E-state index contributed by atoms with van der Waals surface area (Å²) in [5.41, 5.74) is 2.83. The number of hydrogen-bond acceptors (Lipinski definition) is 4. The van der Waals surface area contributed by atoms with Crippen LogP contribution in [-0.4, -0.2) is 19.1 Å². The molecule has 0 saturated carbocycles. The molecule has 2 heterocycles. The molecule has 0 aliphatic carbocycles. The van der Waals surface area contributed by atoms with Gasteiger partial charge in [-0.25, -0.2) is 0 Å². The summed E-state index contributed by atoms with van der Waals surface area (Å²) in [7, 11) is 0. The van der Waals surface area contributed by atoms with Crippen LogP contribution in [0.5, 0.6) is 11.5 Å². The third-order valence-corrected chi connectivity index (χ3v) is 5.41. The van der Waals surface area contributed by atoms with Crippen molar-refractivity contribution in [1.82, 2.24) is 5.32 Å². The van der Waals surface area contributed by atoms with Crippen molar-refractivity contribution in [3.63, 3.8) is 0 Å². The maximum Gasteiger partial charge on any atom is 0.221 e. The van der Waals surface area contributed by atoms with Crippen LogP contribution in [0.3, 0.4) is 0 Å². The Bertz CT molecular complexity index is 1170. The fourth-order valence-corrected chi connectivity index (χ4v) is 3.84. The van der Waals surface area contributed by atoms with Crippen LogP contribution in [0.1, 0.15) is 29.3 Å². The number of hydrogen-bond donors (Lipinski definition) is 1. The van der Waals surface area contributed by atoms with Gasteiger partial charge in [0.25, 0.3) is 0 Å². The van der Waals surface area contributed by atoms with Crippen LogP contribution in [0.25, 0.3) is 11.0 Å². The van der Waals surface area contributed by atoms with Crippen molar-refractivity contribution in [1.29, 1.82) is 0 Å². The van der Waals surface area contributed by atoms with E-state index in [1.54, 1.807) is 0 Å². The molecule has 1 atom stereocenters. The normalized spacial score (nSPS) is 13.7. The number of benzene rings is 3. The molecule has 156 valence electrons. The Morgan fingerprint density at radius 3 is 2.48 bits per heavy atom. The van der Waals surface area contributed by atoms with Crippen molar-refractivity contribution < 1.29 is 18.7 Å². The molecule has 0 spiro atoms. The third-order valence-electron chi connectivity index (χ3n) is 5.41. The van der Waals surface area contributed by atoms with Crippen molar-refractivity contribution in [2.45, 2.75) is 18.9 Å². The highest BCUT2D eigenvalue weighted by molar-refractivity contribution is 5.80. The summed E-state index contributed by atoms with van der Waals surface area (Å²) in [6, 6.07) is 25.2. The Morgan fingerprint density at radius 1 is 0.871 bits per heavy atom. The van der Waals surface area contributed by atoms with Crippen LogP contribution in [0.15, 0.2) is 83.3 Å². The first-order chi connectivity index (χ1) is 15.3. The van der Waals surface area contributed by atoms with E-state index in [0.717, 1.165) is 39.4 Å². The molecule has 0 saturated heterocycles. The summed E-state index contributed by atoms with van der Waals surface area (Å²) in [6.45, 7) is 1.12. The Kier molecular flexibility index (Phi) is 5.31. The zero-order chi connectivity index (χ0) is 21.0. The summed E-state index contributed by atoms with van der Waals surface area (Å²) in [6.07, 6.45) is 0.979. The molecule has 5 rings (SSSR count). The van der Waals surface area contributed by atoms with Gasteiger partial charge in [0.05, 0.1) is 0 Å². The van der Waals surface area contributed by atoms with Crippen molar-refractivity contribution in [3.05, 3.63) is 95.7 Å². The molecule has 31 heavy (non-hydrogen) atoms. The molecular weight excluding hydrogens is 390 g/mol. The molecule has 5 nitrogen and oxygen atoms in total. The molecular formula is C26H23NO4. The van der Waals surface area contributed by atoms with E-state index < -0.39 is 0 Å². The van der Waals surface area contributed by atoms with E-state index >= 15 is 0 Å². The van der Waals surface area contributed by atoms with Gasteiger partial charge in [0, 0.05) is 11.8 Å². The zero-order valence-electron chi connectivity index (χ0n) is 17.0. The van der Waals surface area contributed by atoms with Gasteiger partial charge < -0.3 is 19.2 Å². The minimum atomic E-state index is -0.346. The Balaban J connectivity index is 1.32. The van der Waals surface area contributed by atoms with E-state index in [9.17, 15) is 4.79 Å². The number of amides is 1. The number of nitrogens with one attached hydrogen (secondary N) is 1. The lowest BCUT2D eigenvalue weighted by molar-refractivity contribution is -0.121. The predicted octanol–water partition coefficient (Wildman–Crippen LogP) is 5.04. The quantitative estimate of drug-likeness (QED) is 0.481. The largest absolute Gasteiger partial charge is 0.486 e. The summed E-state index contributed by atoms with van der Waals surface area (Å²) in [4.78, 5) is 12.9. The van der Waals surface area contributed by atoms with E-state index in [4.69, 9.17) is 13.9 Å². The van der Waals surface area contributed by atoms with Gasteiger partial charge in [0.15, 0.2) is 11.5 Å². The second kappa shape index (κ2) is 8.56. The van der Waals surface area contributed by atoms with Crippen LogP contribution in [0, 0.1) is 0 Å². The first-order valence-corrected chi connectivity index (χ1v) is 10.5. The molecule has 1 amide bonds. The van der Waals surface area contributed by atoms with E-state index in [0.29, 0.717) is 26.1 Å². The van der Waals surface area contributed by atoms with Gasteiger partial charge in [0.2, 0.25) is 5.91 Å². The van der Waals surface area contributed by atoms with Crippen LogP contribution in [0.2, 0.25) is 0 Å². The van der Waals surface area contributed by atoms with Crippen molar-refractivity contribution in [3.8, 4) is 11.5 Å². The summed E-state index contributed by atoms with van der Waals surface area (Å²) in [5, 5.41) is 4.17. The van der Waals surface area contributed by atoms with Crippen LogP contribution in [-0.2, 0) is 11.2 Å². The monoisotopic (exact) mass is 413 g/mol. The molecule has 1 N–H and O–H groups in total. The SMILES string of the molecule is O=C(CCc1ccc2c(c1)OCCO2)NC(c1ccccc1)c1cc2ccccc2o1. The molecule has 5 heteroatoms. The molecule has 1 aliphatic rings. The molecule has 0 radical (unpaired) electrons. The predicted molar refractivity (Wildman–Crippen MR) is 118 cm³/mol. The van der Waals surface area contributed by atoms with Gasteiger partial charge in [-0.05, 0) is 41.8 Å². The van der Waals surface area contributed by atoms with Gasteiger partial charge in [-0.1, -0.05) is 54.6 Å². The van der Waals surface area contributed by atoms with Gasteiger partial charge in [0.1, 0.15) is 30.6 Å². The molecule has 4 aromatic rings. The maximum atomic E-state index is 12.9. The maximum absolute atomic E-state index is 12.9. The highest BCUT2D eigenvalue weighted by Gasteiger charge is 2.21. The first kappa shape index (κ1) is 19.2. The summed E-state index contributed by atoms with van der Waals surface area (Å²) < 4.78 is 17.3. The standard InChI is InChI=1S/C26H23NO4/c28-25(13-11-18-10-12-22-23(16-18)30-15-14-29-22)27-26(19-6-2-1-3-7-19)24-17-20-8-4-5-9-21(20)31-24/h1-10,12,16-17,26H,11,13-15H2,(H,27,28). The van der Waals surface area contributed by atoms with Crippen molar-refractivity contribution >= 4 is 16.9 Å². The van der Waals surface area contributed by atoms with E-state index in [1.165, 1.54) is 0 Å². The van der Waals surface area contributed by atoms with Crippen molar-refractivity contribution in [2.24, 2.45) is 0 Å². The highest BCUT2D eigenvalue weighted by Crippen LogP contribution is 2.31.